The molecule has 0 saturated heterocycles. The molecule has 0 amide bonds. The SMILES string of the molecule is C/C=C/c1ccc(-c2ccc3c(c2)c2ccccc2n3-c2ccc3ccccc3c2)cc1. The van der Waals surface area contributed by atoms with Crippen LogP contribution in [0.5, 0.6) is 0 Å². The summed E-state index contributed by atoms with van der Waals surface area (Å²) in [6.07, 6.45) is 4.20. The summed E-state index contributed by atoms with van der Waals surface area (Å²) in [4.78, 5) is 0. The molecular weight excluding hydrogens is 386 g/mol. The molecule has 0 unspecified atom stereocenters. The number of aromatic nitrogens is 1. The van der Waals surface area contributed by atoms with Crippen molar-refractivity contribution in [2.24, 2.45) is 0 Å². The maximum absolute atomic E-state index is 2.38. The van der Waals surface area contributed by atoms with Crippen molar-refractivity contribution in [1.82, 2.24) is 4.57 Å². The van der Waals surface area contributed by atoms with Crippen molar-refractivity contribution in [2.75, 3.05) is 0 Å². The van der Waals surface area contributed by atoms with Crippen LogP contribution in [0.3, 0.4) is 0 Å². The molecule has 0 spiro atoms. The van der Waals surface area contributed by atoms with Crippen LogP contribution in [0.2, 0.25) is 0 Å². The molecule has 0 N–H and O–H groups in total. The Morgan fingerprint density at radius 3 is 2.12 bits per heavy atom. The molecule has 32 heavy (non-hydrogen) atoms. The van der Waals surface area contributed by atoms with Crippen LogP contribution in [0.1, 0.15) is 12.5 Å². The first-order valence-electron chi connectivity index (χ1n) is 11.1. The van der Waals surface area contributed by atoms with Gasteiger partial charge in [-0.3, -0.25) is 0 Å². The van der Waals surface area contributed by atoms with E-state index in [1.165, 1.54) is 55.0 Å². The molecule has 0 aliphatic rings. The van der Waals surface area contributed by atoms with E-state index in [2.05, 4.69) is 126 Å². The van der Waals surface area contributed by atoms with E-state index in [4.69, 9.17) is 0 Å². The van der Waals surface area contributed by atoms with Crippen molar-refractivity contribution < 1.29 is 0 Å². The standard InChI is InChI=1S/C31H23N/c1-2-7-22-12-14-24(15-13-22)26-17-19-31-29(21-26)28-10-5-6-11-30(28)32(31)27-18-16-23-8-3-4-9-25(23)20-27/h2-21H,1H3/b7-2+. The molecule has 152 valence electrons. The van der Waals surface area contributed by atoms with Crippen LogP contribution in [0.4, 0.5) is 0 Å². The summed E-state index contributed by atoms with van der Waals surface area (Å²) < 4.78 is 2.38. The maximum Gasteiger partial charge on any atom is 0.0541 e. The number of nitrogens with zero attached hydrogens (tertiary/aromatic N) is 1. The van der Waals surface area contributed by atoms with Gasteiger partial charge in [-0.2, -0.15) is 0 Å². The van der Waals surface area contributed by atoms with Crippen molar-refractivity contribution in [3.63, 3.8) is 0 Å². The van der Waals surface area contributed by atoms with E-state index in [-0.39, 0.29) is 0 Å². The van der Waals surface area contributed by atoms with E-state index < -0.39 is 0 Å². The van der Waals surface area contributed by atoms with Crippen LogP contribution in [0.15, 0.2) is 115 Å². The summed E-state index contributed by atoms with van der Waals surface area (Å²) >= 11 is 0. The summed E-state index contributed by atoms with van der Waals surface area (Å²) in [5.41, 5.74) is 7.37. The number of hydrogen-bond donors (Lipinski definition) is 0. The van der Waals surface area contributed by atoms with Gasteiger partial charge in [-0.05, 0) is 64.7 Å². The van der Waals surface area contributed by atoms with Gasteiger partial charge < -0.3 is 4.57 Å². The third-order valence-corrected chi connectivity index (χ3v) is 6.27. The fourth-order valence-corrected chi connectivity index (χ4v) is 4.73. The van der Waals surface area contributed by atoms with Crippen LogP contribution in [-0.2, 0) is 0 Å². The fourth-order valence-electron chi connectivity index (χ4n) is 4.73. The lowest BCUT2D eigenvalue weighted by Gasteiger charge is -2.10. The van der Waals surface area contributed by atoms with Gasteiger partial charge in [-0.25, -0.2) is 0 Å². The lowest BCUT2D eigenvalue weighted by atomic mass is 10.0. The summed E-state index contributed by atoms with van der Waals surface area (Å²) in [7, 11) is 0. The lowest BCUT2D eigenvalue weighted by Crippen LogP contribution is -1.93. The second-order valence-corrected chi connectivity index (χ2v) is 8.24. The lowest BCUT2D eigenvalue weighted by molar-refractivity contribution is 1.19. The zero-order chi connectivity index (χ0) is 21.5. The molecule has 5 aromatic carbocycles. The number of hydrogen-bond acceptors (Lipinski definition) is 0. The molecule has 0 fully saturated rings. The predicted octanol–water partition coefficient (Wildman–Crippen LogP) is 8.64. The van der Waals surface area contributed by atoms with Crippen LogP contribution in [0, 0.1) is 0 Å². The van der Waals surface area contributed by atoms with Crippen molar-refractivity contribution in [3.05, 3.63) is 121 Å². The normalized spacial score (nSPS) is 11.8. The van der Waals surface area contributed by atoms with Gasteiger partial charge in [0.05, 0.1) is 11.0 Å². The Labute approximate surface area is 187 Å². The summed E-state index contributed by atoms with van der Waals surface area (Å²) in [6.45, 7) is 2.05. The predicted molar refractivity (Wildman–Crippen MR) is 138 cm³/mol. The average Bonchev–Trinajstić information content (AvgIpc) is 3.18. The summed E-state index contributed by atoms with van der Waals surface area (Å²) in [6, 6.07) is 39.6. The minimum absolute atomic E-state index is 1.19. The third-order valence-electron chi connectivity index (χ3n) is 6.27. The van der Waals surface area contributed by atoms with E-state index in [0.717, 1.165) is 0 Å². The number of benzene rings is 5. The Morgan fingerprint density at radius 1 is 0.562 bits per heavy atom. The molecule has 1 heteroatoms. The molecule has 1 heterocycles. The van der Waals surface area contributed by atoms with Crippen molar-refractivity contribution >= 4 is 38.7 Å². The highest BCUT2D eigenvalue weighted by molar-refractivity contribution is 6.10. The fraction of sp³-hybridized carbons (Fsp3) is 0.0323. The van der Waals surface area contributed by atoms with Gasteiger partial charge in [-0.1, -0.05) is 91.0 Å². The highest BCUT2D eigenvalue weighted by Gasteiger charge is 2.13. The monoisotopic (exact) mass is 409 g/mol. The molecule has 0 radical (unpaired) electrons. The Bertz CT molecular complexity index is 1610. The van der Waals surface area contributed by atoms with E-state index >= 15 is 0 Å². The van der Waals surface area contributed by atoms with Gasteiger partial charge in [0, 0.05) is 16.5 Å². The molecule has 6 aromatic rings. The molecule has 0 atom stereocenters. The number of rotatable bonds is 3. The molecule has 0 bridgehead atoms. The molecule has 0 aliphatic heterocycles. The smallest absolute Gasteiger partial charge is 0.0541 e. The van der Waals surface area contributed by atoms with E-state index in [0.29, 0.717) is 0 Å². The molecular formula is C31H23N. The minimum Gasteiger partial charge on any atom is -0.309 e. The number of allylic oxidation sites excluding steroid dienone is 1. The first-order chi connectivity index (χ1) is 15.8. The zero-order valence-electron chi connectivity index (χ0n) is 18.0. The molecule has 0 saturated carbocycles. The van der Waals surface area contributed by atoms with Crippen LogP contribution < -0.4 is 0 Å². The van der Waals surface area contributed by atoms with Crippen LogP contribution in [0.25, 0.3) is 55.5 Å². The minimum atomic E-state index is 1.19. The molecule has 1 aromatic heterocycles. The average molecular weight is 410 g/mol. The topological polar surface area (TPSA) is 4.93 Å². The summed E-state index contributed by atoms with van der Waals surface area (Å²) in [5.74, 6) is 0. The van der Waals surface area contributed by atoms with Gasteiger partial charge in [0.2, 0.25) is 0 Å². The van der Waals surface area contributed by atoms with Gasteiger partial charge in [0.15, 0.2) is 0 Å². The molecule has 6 rings (SSSR count). The Morgan fingerprint density at radius 2 is 1.28 bits per heavy atom. The van der Waals surface area contributed by atoms with Gasteiger partial charge in [0.25, 0.3) is 0 Å². The largest absolute Gasteiger partial charge is 0.309 e. The highest BCUT2D eigenvalue weighted by atomic mass is 15.0. The van der Waals surface area contributed by atoms with E-state index in [9.17, 15) is 0 Å². The van der Waals surface area contributed by atoms with Crippen molar-refractivity contribution in [1.29, 1.82) is 0 Å². The number of fused-ring (bicyclic) bond motifs is 4. The van der Waals surface area contributed by atoms with Gasteiger partial charge >= 0.3 is 0 Å². The number of para-hydroxylation sites is 1. The zero-order valence-corrected chi connectivity index (χ0v) is 18.0. The van der Waals surface area contributed by atoms with Gasteiger partial charge in [-0.15, -0.1) is 0 Å². The highest BCUT2D eigenvalue weighted by Crippen LogP contribution is 2.35. The second-order valence-electron chi connectivity index (χ2n) is 8.24. The van der Waals surface area contributed by atoms with Crippen molar-refractivity contribution in [2.45, 2.75) is 6.92 Å². The Balaban J connectivity index is 1.57. The molecule has 1 nitrogen and oxygen atoms in total. The van der Waals surface area contributed by atoms with E-state index in [1.54, 1.807) is 0 Å². The maximum atomic E-state index is 2.38. The quantitative estimate of drug-likeness (QED) is 0.276. The Hall–Kier alpha value is -4.10. The third kappa shape index (κ3) is 3.02. The van der Waals surface area contributed by atoms with Crippen molar-refractivity contribution in [3.8, 4) is 16.8 Å². The molecule has 0 aliphatic carbocycles. The van der Waals surface area contributed by atoms with Crippen LogP contribution in [-0.4, -0.2) is 4.57 Å². The van der Waals surface area contributed by atoms with Crippen LogP contribution >= 0.6 is 0 Å². The summed E-state index contributed by atoms with van der Waals surface area (Å²) in [5, 5.41) is 5.08. The Kier molecular flexibility index (Phi) is 4.40. The first kappa shape index (κ1) is 18.7. The first-order valence-corrected chi connectivity index (χ1v) is 11.1. The second kappa shape index (κ2) is 7.55. The van der Waals surface area contributed by atoms with Gasteiger partial charge in [0.1, 0.15) is 0 Å². The van der Waals surface area contributed by atoms with E-state index in [1.807, 2.05) is 6.92 Å².